The van der Waals surface area contributed by atoms with Crippen LogP contribution in [0.15, 0.2) is 0 Å². The van der Waals surface area contributed by atoms with Crippen molar-refractivity contribution in [2.45, 2.75) is 134 Å². The largest absolute Gasteiger partial charge is 0.458 e. The summed E-state index contributed by atoms with van der Waals surface area (Å²) in [5.41, 5.74) is -5.11. The van der Waals surface area contributed by atoms with Gasteiger partial charge >= 0.3 is 11.9 Å². The molecule has 1 spiro atoms. The molecule has 3 fully saturated rings. The van der Waals surface area contributed by atoms with E-state index in [4.69, 9.17) is 18.9 Å². The molecule has 0 amide bonds. The van der Waals surface area contributed by atoms with Crippen molar-refractivity contribution < 1.29 is 33.6 Å². The molecule has 0 unspecified atom stereocenters. The summed E-state index contributed by atoms with van der Waals surface area (Å²) in [5, 5.41) is 11.8. The van der Waals surface area contributed by atoms with Gasteiger partial charge in [-0.3, -0.25) is 0 Å². The van der Waals surface area contributed by atoms with E-state index < -0.39 is 46.2 Å². The van der Waals surface area contributed by atoms with E-state index in [9.17, 15) is 14.7 Å². The van der Waals surface area contributed by atoms with Crippen molar-refractivity contribution in [2.75, 3.05) is 0 Å². The van der Waals surface area contributed by atoms with Gasteiger partial charge in [0.1, 0.15) is 16.8 Å². The summed E-state index contributed by atoms with van der Waals surface area (Å²) in [5.74, 6) is -2.53. The molecule has 1 N–H and O–H groups in total. The van der Waals surface area contributed by atoms with E-state index >= 15 is 0 Å². The lowest BCUT2D eigenvalue weighted by Gasteiger charge is -2.46. The molecule has 30 heavy (non-hydrogen) atoms. The van der Waals surface area contributed by atoms with E-state index in [-0.39, 0.29) is 0 Å². The molecule has 1 saturated heterocycles. The Bertz CT molecular complexity index is 660. The molecule has 172 valence electrons. The van der Waals surface area contributed by atoms with E-state index in [1.165, 1.54) is 0 Å². The molecule has 0 aromatic rings. The minimum absolute atomic E-state index is 0.338. The summed E-state index contributed by atoms with van der Waals surface area (Å²) in [7, 11) is 0. The molecule has 2 atom stereocenters. The first-order valence-corrected chi connectivity index (χ1v) is 11.3. The van der Waals surface area contributed by atoms with Crippen LogP contribution in [-0.2, 0) is 28.5 Å². The van der Waals surface area contributed by atoms with Gasteiger partial charge < -0.3 is 24.1 Å². The molecule has 7 heteroatoms. The van der Waals surface area contributed by atoms with E-state index in [1.54, 1.807) is 41.5 Å². The highest BCUT2D eigenvalue weighted by atomic mass is 16.8. The molecule has 3 aliphatic rings. The van der Waals surface area contributed by atoms with Crippen LogP contribution in [0.2, 0.25) is 0 Å². The first-order chi connectivity index (χ1) is 13.7. The van der Waals surface area contributed by atoms with Crippen molar-refractivity contribution in [3.8, 4) is 0 Å². The minimum Gasteiger partial charge on any atom is -0.458 e. The Morgan fingerprint density at radius 2 is 1.33 bits per heavy atom. The van der Waals surface area contributed by atoms with Gasteiger partial charge in [0.2, 0.25) is 11.7 Å². The molecule has 0 aromatic heterocycles. The van der Waals surface area contributed by atoms with Crippen LogP contribution in [-0.4, -0.2) is 51.3 Å². The molecule has 3 rings (SSSR count). The third-order valence-electron chi connectivity index (χ3n) is 6.11. The topological polar surface area (TPSA) is 91.3 Å². The highest BCUT2D eigenvalue weighted by Crippen LogP contribution is 2.54. The van der Waals surface area contributed by atoms with E-state index in [1.807, 2.05) is 0 Å². The normalized spacial score (nSPS) is 31.0. The second-order valence-electron chi connectivity index (χ2n) is 11.1. The lowest BCUT2D eigenvalue weighted by atomic mass is 9.69. The Balaban J connectivity index is 2.11. The fraction of sp³-hybridized carbons (Fsp3) is 0.913. The van der Waals surface area contributed by atoms with Crippen molar-refractivity contribution in [1.29, 1.82) is 0 Å². The van der Waals surface area contributed by atoms with Crippen LogP contribution in [0, 0.1) is 0 Å². The summed E-state index contributed by atoms with van der Waals surface area (Å²) in [6.45, 7) is 10.6. The van der Waals surface area contributed by atoms with Crippen molar-refractivity contribution in [2.24, 2.45) is 0 Å². The zero-order chi connectivity index (χ0) is 22.4. The smallest absolute Gasteiger partial charge is 0.345 e. The van der Waals surface area contributed by atoms with E-state index in [0.717, 1.165) is 32.1 Å². The number of esters is 2. The fourth-order valence-electron chi connectivity index (χ4n) is 4.91. The Labute approximate surface area is 179 Å². The number of ether oxygens (including phenoxy) is 4. The first kappa shape index (κ1) is 23.5. The molecule has 0 radical (unpaired) electrons. The van der Waals surface area contributed by atoms with E-state index in [0.29, 0.717) is 25.7 Å². The monoisotopic (exact) mass is 426 g/mol. The summed E-state index contributed by atoms with van der Waals surface area (Å²) in [4.78, 5) is 27.0. The van der Waals surface area contributed by atoms with Gasteiger partial charge in [-0.05, 0) is 67.2 Å². The van der Waals surface area contributed by atoms with Gasteiger partial charge in [0, 0.05) is 12.8 Å². The minimum atomic E-state index is -1.95. The molecule has 1 aliphatic heterocycles. The second-order valence-corrected chi connectivity index (χ2v) is 11.1. The lowest BCUT2D eigenvalue weighted by molar-refractivity contribution is -0.247. The van der Waals surface area contributed by atoms with E-state index in [2.05, 4.69) is 0 Å². The summed E-state index contributed by atoms with van der Waals surface area (Å²) < 4.78 is 24.1. The molecule has 2 aliphatic carbocycles. The highest BCUT2D eigenvalue weighted by molar-refractivity contribution is 5.92. The number of rotatable bonds is 3. The Morgan fingerprint density at radius 3 is 1.83 bits per heavy atom. The SMILES string of the molecule is CC(C)(C)OC(=O)[C@H]1OC2(CCCC2)O[C@]1(C(=O)OC(C)(C)C)C1(O)CCCCC1. The van der Waals surface area contributed by atoms with Gasteiger partial charge in [0.15, 0.2) is 5.79 Å². The molecular weight excluding hydrogens is 388 g/mol. The molecule has 0 bridgehead atoms. The average Bonchev–Trinajstić information content (AvgIpc) is 3.18. The predicted octanol–water partition coefficient (Wildman–Crippen LogP) is 3.79. The van der Waals surface area contributed by atoms with Crippen LogP contribution in [0.1, 0.15) is 99.3 Å². The summed E-state index contributed by atoms with van der Waals surface area (Å²) >= 11 is 0. The van der Waals surface area contributed by atoms with Crippen LogP contribution in [0.3, 0.4) is 0 Å². The van der Waals surface area contributed by atoms with Gasteiger partial charge in [0.25, 0.3) is 0 Å². The van der Waals surface area contributed by atoms with Crippen LogP contribution < -0.4 is 0 Å². The number of aliphatic hydroxyl groups is 1. The van der Waals surface area contributed by atoms with Crippen LogP contribution in [0.25, 0.3) is 0 Å². The maximum absolute atomic E-state index is 13.7. The molecule has 7 nitrogen and oxygen atoms in total. The Hall–Kier alpha value is -1.18. The summed E-state index contributed by atoms with van der Waals surface area (Å²) in [6.07, 6.45) is 4.57. The fourth-order valence-corrected chi connectivity index (χ4v) is 4.91. The number of carbonyl (C=O) groups excluding carboxylic acids is 2. The number of hydrogen-bond donors (Lipinski definition) is 1. The average molecular weight is 427 g/mol. The second kappa shape index (κ2) is 7.75. The molecule has 2 saturated carbocycles. The Kier molecular flexibility index (Phi) is 6.06. The van der Waals surface area contributed by atoms with Crippen molar-refractivity contribution in [3.05, 3.63) is 0 Å². The third kappa shape index (κ3) is 4.39. The number of hydrogen-bond acceptors (Lipinski definition) is 7. The zero-order valence-corrected chi connectivity index (χ0v) is 19.3. The van der Waals surface area contributed by atoms with Gasteiger partial charge in [-0.25, -0.2) is 9.59 Å². The molecular formula is C23H38O7. The maximum Gasteiger partial charge on any atom is 0.345 e. The maximum atomic E-state index is 13.7. The number of carbonyl (C=O) groups is 2. The van der Waals surface area contributed by atoms with Crippen LogP contribution in [0.4, 0.5) is 0 Å². The molecule has 0 aromatic carbocycles. The first-order valence-electron chi connectivity index (χ1n) is 11.3. The van der Waals surface area contributed by atoms with Crippen LogP contribution >= 0.6 is 0 Å². The molecule has 1 heterocycles. The van der Waals surface area contributed by atoms with Crippen molar-refractivity contribution in [1.82, 2.24) is 0 Å². The van der Waals surface area contributed by atoms with Crippen molar-refractivity contribution in [3.63, 3.8) is 0 Å². The standard InChI is InChI=1S/C23H38O7/c1-19(2,3)28-17(24)16-23(18(25)29-20(4,5)6,21(26)12-8-7-9-13-21)30-22(27-16)14-10-11-15-22/h16,26H,7-15H2,1-6H3/t16-,23-/m1/s1. The highest BCUT2D eigenvalue weighted by Gasteiger charge is 2.74. The quantitative estimate of drug-likeness (QED) is 0.687. The van der Waals surface area contributed by atoms with Crippen molar-refractivity contribution >= 4 is 11.9 Å². The summed E-state index contributed by atoms with van der Waals surface area (Å²) in [6, 6.07) is 0. The Morgan fingerprint density at radius 1 is 0.833 bits per heavy atom. The lowest BCUT2D eigenvalue weighted by Crippen LogP contribution is -2.68. The van der Waals surface area contributed by atoms with Gasteiger partial charge in [-0.1, -0.05) is 19.3 Å². The van der Waals surface area contributed by atoms with Crippen LogP contribution in [0.5, 0.6) is 0 Å². The third-order valence-corrected chi connectivity index (χ3v) is 6.11. The van der Waals surface area contributed by atoms with Gasteiger partial charge in [0.05, 0.1) is 0 Å². The predicted molar refractivity (Wildman–Crippen MR) is 110 cm³/mol. The van der Waals surface area contributed by atoms with Gasteiger partial charge in [-0.2, -0.15) is 0 Å². The zero-order valence-electron chi connectivity index (χ0n) is 19.3. The van der Waals surface area contributed by atoms with Gasteiger partial charge in [-0.15, -0.1) is 0 Å².